The molecular formula is C13H15BrN4O2. The topological polar surface area (TPSA) is 85.7 Å². The van der Waals surface area contributed by atoms with Crippen LogP contribution in [0.5, 0.6) is 11.6 Å². The molecule has 20 heavy (non-hydrogen) atoms. The lowest BCUT2D eigenvalue weighted by molar-refractivity contribution is 0.318. The Balaban J connectivity index is 2.45. The number of nitrogens with zero attached hydrogens (tertiary/aromatic N) is 3. The van der Waals surface area contributed by atoms with Crippen molar-refractivity contribution < 1.29 is 9.94 Å². The van der Waals surface area contributed by atoms with Crippen molar-refractivity contribution in [3.05, 3.63) is 39.5 Å². The molecule has 1 aromatic heterocycles. The van der Waals surface area contributed by atoms with Gasteiger partial charge in [0.2, 0.25) is 5.88 Å². The van der Waals surface area contributed by atoms with Crippen LogP contribution in [-0.2, 0) is 7.05 Å². The van der Waals surface area contributed by atoms with Gasteiger partial charge in [-0.2, -0.15) is 5.10 Å². The fourth-order valence-electron chi connectivity index (χ4n) is 1.89. The van der Waals surface area contributed by atoms with Crippen molar-refractivity contribution in [1.82, 2.24) is 9.78 Å². The van der Waals surface area contributed by atoms with Crippen molar-refractivity contribution in [3.63, 3.8) is 0 Å². The quantitative estimate of drug-likeness (QED) is 0.390. The minimum atomic E-state index is -0.0283. The maximum absolute atomic E-state index is 8.86. The zero-order valence-corrected chi connectivity index (χ0v) is 13.0. The molecule has 0 aliphatic heterocycles. The highest BCUT2D eigenvalue weighted by atomic mass is 79.9. The number of hydrogen-bond acceptors (Lipinski definition) is 4. The lowest BCUT2D eigenvalue weighted by Gasteiger charge is -2.09. The monoisotopic (exact) mass is 338 g/mol. The molecule has 3 N–H and O–H groups in total. The molecule has 0 unspecified atom stereocenters. The number of aromatic nitrogens is 2. The van der Waals surface area contributed by atoms with E-state index in [-0.39, 0.29) is 5.84 Å². The first-order valence-electron chi connectivity index (χ1n) is 5.89. The molecule has 2 aromatic rings. The smallest absolute Gasteiger partial charge is 0.229 e. The van der Waals surface area contributed by atoms with E-state index < -0.39 is 0 Å². The van der Waals surface area contributed by atoms with E-state index in [2.05, 4.69) is 26.2 Å². The number of hydrogen-bond donors (Lipinski definition) is 2. The van der Waals surface area contributed by atoms with Crippen LogP contribution in [0.25, 0.3) is 0 Å². The maximum atomic E-state index is 8.86. The number of oxime groups is 1. The maximum Gasteiger partial charge on any atom is 0.229 e. The summed E-state index contributed by atoms with van der Waals surface area (Å²) >= 11 is 3.44. The minimum absolute atomic E-state index is 0.0283. The molecule has 106 valence electrons. The first-order valence-corrected chi connectivity index (χ1v) is 6.68. The second-order valence-electron chi connectivity index (χ2n) is 4.39. The predicted octanol–water partition coefficient (Wildman–Crippen LogP) is 2.69. The van der Waals surface area contributed by atoms with E-state index in [9.17, 15) is 0 Å². The Morgan fingerprint density at radius 2 is 2.15 bits per heavy atom. The summed E-state index contributed by atoms with van der Waals surface area (Å²) in [4.78, 5) is 0. The van der Waals surface area contributed by atoms with Gasteiger partial charge >= 0.3 is 0 Å². The number of amidine groups is 1. The molecule has 0 aliphatic carbocycles. The molecule has 0 saturated heterocycles. The van der Waals surface area contributed by atoms with Gasteiger partial charge in [-0.05, 0) is 37.6 Å². The predicted molar refractivity (Wildman–Crippen MR) is 79.4 cm³/mol. The molecule has 0 bridgehead atoms. The SMILES string of the molecule is Cc1cc(Oc2c(/C(N)=N/O)c(C)nn2C)ccc1Br. The summed E-state index contributed by atoms with van der Waals surface area (Å²) in [6, 6.07) is 5.62. The molecule has 0 amide bonds. The summed E-state index contributed by atoms with van der Waals surface area (Å²) in [5, 5.41) is 16.1. The Labute approximate surface area is 125 Å². The highest BCUT2D eigenvalue weighted by Crippen LogP contribution is 2.29. The third-order valence-electron chi connectivity index (χ3n) is 2.88. The fourth-order valence-corrected chi connectivity index (χ4v) is 2.14. The van der Waals surface area contributed by atoms with Gasteiger partial charge in [0.05, 0.1) is 5.69 Å². The molecule has 1 aromatic carbocycles. The van der Waals surface area contributed by atoms with E-state index in [0.29, 0.717) is 22.9 Å². The van der Waals surface area contributed by atoms with E-state index in [1.165, 1.54) is 0 Å². The van der Waals surface area contributed by atoms with Crippen molar-refractivity contribution >= 4 is 21.8 Å². The van der Waals surface area contributed by atoms with Crippen LogP contribution in [0.4, 0.5) is 0 Å². The highest BCUT2D eigenvalue weighted by molar-refractivity contribution is 9.10. The Morgan fingerprint density at radius 1 is 1.45 bits per heavy atom. The van der Waals surface area contributed by atoms with Crippen LogP contribution >= 0.6 is 15.9 Å². The molecule has 0 aliphatic rings. The lowest BCUT2D eigenvalue weighted by atomic mass is 10.2. The molecule has 1 heterocycles. The second-order valence-corrected chi connectivity index (χ2v) is 5.24. The Morgan fingerprint density at radius 3 is 2.75 bits per heavy atom. The van der Waals surface area contributed by atoms with Gasteiger partial charge in [0.25, 0.3) is 0 Å². The van der Waals surface area contributed by atoms with E-state index in [4.69, 9.17) is 15.7 Å². The normalized spacial score (nSPS) is 11.7. The Kier molecular flexibility index (Phi) is 3.99. The third kappa shape index (κ3) is 2.62. The van der Waals surface area contributed by atoms with Gasteiger partial charge in [-0.15, -0.1) is 0 Å². The van der Waals surface area contributed by atoms with E-state index in [0.717, 1.165) is 10.0 Å². The summed E-state index contributed by atoms with van der Waals surface area (Å²) < 4.78 is 8.39. The number of benzene rings is 1. The summed E-state index contributed by atoms with van der Waals surface area (Å²) in [5.74, 6) is 1.06. The van der Waals surface area contributed by atoms with E-state index >= 15 is 0 Å². The molecule has 7 heteroatoms. The summed E-state index contributed by atoms with van der Waals surface area (Å²) in [6.45, 7) is 3.74. The zero-order valence-electron chi connectivity index (χ0n) is 11.4. The van der Waals surface area contributed by atoms with E-state index in [1.54, 1.807) is 18.7 Å². The minimum Gasteiger partial charge on any atom is -0.438 e. The van der Waals surface area contributed by atoms with Crippen LogP contribution in [0.15, 0.2) is 27.8 Å². The first kappa shape index (κ1) is 14.4. The van der Waals surface area contributed by atoms with Gasteiger partial charge in [0.15, 0.2) is 5.84 Å². The van der Waals surface area contributed by atoms with Gasteiger partial charge in [-0.25, -0.2) is 4.68 Å². The summed E-state index contributed by atoms with van der Waals surface area (Å²) in [6.07, 6.45) is 0. The van der Waals surface area contributed by atoms with E-state index in [1.807, 2.05) is 25.1 Å². The molecule has 0 saturated carbocycles. The average molecular weight is 339 g/mol. The number of rotatable bonds is 3. The number of aryl methyl sites for hydroxylation is 3. The third-order valence-corrected chi connectivity index (χ3v) is 3.77. The van der Waals surface area contributed by atoms with Crippen molar-refractivity contribution in [3.8, 4) is 11.6 Å². The number of ether oxygens (including phenoxy) is 1. The standard InChI is InChI=1S/C13H15BrN4O2/c1-7-6-9(4-5-10(7)14)20-13-11(12(15)17-19)8(2)16-18(13)3/h4-6,19H,1-3H3,(H2,15,17). The van der Waals surface area contributed by atoms with Crippen molar-refractivity contribution in [2.75, 3.05) is 0 Å². The van der Waals surface area contributed by atoms with Crippen LogP contribution in [0.3, 0.4) is 0 Å². The highest BCUT2D eigenvalue weighted by Gasteiger charge is 2.19. The molecule has 0 fully saturated rings. The average Bonchev–Trinajstić information content (AvgIpc) is 2.68. The first-order chi connectivity index (χ1) is 9.43. The van der Waals surface area contributed by atoms with Gasteiger partial charge in [-0.3, -0.25) is 0 Å². The molecule has 0 radical (unpaired) electrons. The molecule has 0 atom stereocenters. The Hall–Kier alpha value is -2.02. The van der Waals surface area contributed by atoms with Gasteiger partial charge in [0.1, 0.15) is 11.3 Å². The van der Waals surface area contributed by atoms with Crippen molar-refractivity contribution in [2.24, 2.45) is 17.9 Å². The second kappa shape index (κ2) is 5.54. The van der Waals surface area contributed by atoms with Crippen LogP contribution in [0.1, 0.15) is 16.8 Å². The fraction of sp³-hybridized carbons (Fsp3) is 0.231. The van der Waals surface area contributed by atoms with Crippen LogP contribution in [0.2, 0.25) is 0 Å². The van der Waals surface area contributed by atoms with Crippen LogP contribution in [0, 0.1) is 13.8 Å². The molecule has 2 rings (SSSR count). The van der Waals surface area contributed by atoms with Crippen molar-refractivity contribution in [1.29, 1.82) is 0 Å². The summed E-state index contributed by atoms with van der Waals surface area (Å²) in [5.41, 5.74) is 7.84. The van der Waals surface area contributed by atoms with Crippen LogP contribution < -0.4 is 10.5 Å². The Bertz CT molecular complexity index is 679. The largest absolute Gasteiger partial charge is 0.438 e. The van der Waals surface area contributed by atoms with Crippen molar-refractivity contribution in [2.45, 2.75) is 13.8 Å². The molecular weight excluding hydrogens is 324 g/mol. The van der Waals surface area contributed by atoms with Gasteiger partial charge < -0.3 is 15.7 Å². The van der Waals surface area contributed by atoms with Gasteiger partial charge in [-0.1, -0.05) is 21.1 Å². The number of nitrogens with two attached hydrogens (primary N) is 1. The zero-order chi connectivity index (χ0) is 14.9. The lowest BCUT2D eigenvalue weighted by Crippen LogP contribution is -2.15. The van der Waals surface area contributed by atoms with Crippen LogP contribution in [-0.4, -0.2) is 20.8 Å². The molecule has 6 nitrogen and oxygen atoms in total. The van der Waals surface area contributed by atoms with Gasteiger partial charge in [0, 0.05) is 11.5 Å². The number of halogens is 1. The molecule has 0 spiro atoms. The summed E-state index contributed by atoms with van der Waals surface area (Å²) in [7, 11) is 1.74.